The zero-order valence-electron chi connectivity index (χ0n) is 20.1. The van der Waals surface area contributed by atoms with Gasteiger partial charge in [-0.25, -0.2) is 4.98 Å². The van der Waals surface area contributed by atoms with E-state index in [-0.39, 0.29) is 42.0 Å². The summed E-state index contributed by atoms with van der Waals surface area (Å²) >= 11 is 1.08. The van der Waals surface area contributed by atoms with E-state index in [0.717, 1.165) is 16.9 Å². The van der Waals surface area contributed by atoms with Gasteiger partial charge in [-0.05, 0) is 44.5 Å². The quantitative estimate of drug-likeness (QED) is 0.0725. The molecule has 1 saturated heterocycles. The van der Waals surface area contributed by atoms with Crippen LogP contribution >= 0.6 is 11.3 Å². The zero-order chi connectivity index (χ0) is 27.5. The van der Waals surface area contributed by atoms with E-state index < -0.39 is 33.5 Å². The van der Waals surface area contributed by atoms with Gasteiger partial charge in [-0.1, -0.05) is 5.16 Å². The van der Waals surface area contributed by atoms with Crippen LogP contribution in [0.15, 0.2) is 28.7 Å². The molecule has 1 aliphatic heterocycles. The maximum atomic E-state index is 13.1. The number of benzene rings is 1. The van der Waals surface area contributed by atoms with Crippen LogP contribution in [-0.4, -0.2) is 65.0 Å². The van der Waals surface area contributed by atoms with Crippen molar-refractivity contribution in [1.82, 2.24) is 10.0 Å². The Hall–Kier alpha value is -3.60. The Labute approximate surface area is 216 Å². The fraction of sp³-hybridized carbons (Fsp3) is 0.381. The van der Waals surface area contributed by atoms with Crippen LogP contribution in [0, 0.1) is 18.3 Å². The average Bonchev–Trinajstić information content (AvgIpc) is 3.22. The number of nitrogens with one attached hydrogen (secondary N) is 1. The van der Waals surface area contributed by atoms with Crippen LogP contribution in [0.2, 0.25) is 0 Å². The molecule has 1 aromatic carbocycles. The number of amides is 1. The van der Waals surface area contributed by atoms with Gasteiger partial charge in [0, 0.05) is 17.4 Å². The molecule has 0 aliphatic carbocycles. The molecular formula is C21H26N6O8S2. The largest absolute Gasteiger partial charge is 0.490 e. The number of oxime groups is 1. The topological polar surface area (TPSA) is 221 Å². The number of rotatable bonds is 12. The van der Waals surface area contributed by atoms with Crippen LogP contribution < -0.4 is 16.2 Å². The van der Waals surface area contributed by atoms with Crippen LogP contribution in [0.25, 0.3) is 0 Å². The summed E-state index contributed by atoms with van der Waals surface area (Å²) in [6.45, 7) is 4.80. The molecule has 0 unspecified atom stereocenters. The summed E-state index contributed by atoms with van der Waals surface area (Å²) in [7, 11) is -4.92. The number of hydrogen-bond donors (Lipinski definition) is 4. The molecule has 16 heteroatoms. The standard InChI is InChI=1S/C21H26N6O8S2/c1-11-8-12(4-5-13(11)18(22)23)33-6-7-34-26-17(15-10-36-20(24)25-15)16(28)9-14-19(29)27(21(14,2)3)35-37(30,31)32/h4-5,8,10,14H,6-7,9H2,1-3H3,(H3,22,23)(H2,24,25)(H,30,31,32)/b26-17-/t14-/m1/s1. The van der Waals surface area contributed by atoms with Gasteiger partial charge in [-0.2, -0.15) is 13.5 Å². The first-order valence-corrected chi connectivity index (χ1v) is 13.0. The highest BCUT2D eigenvalue weighted by atomic mass is 32.3. The number of thiazole rings is 1. The van der Waals surface area contributed by atoms with E-state index in [2.05, 4.69) is 14.4 Å². The number of hydrogen-bond acceptors (Lipinski definition) is 12. The highest BCUT2D eigenvalue weighted by Crippen LogP contribution is 2.40. The number of β-lactam (4-membered cyclic amide) rings is 1. The molecule has 1 fully saturated rings. The van der Waals surface area contributed by atoms with Crippen molar-refractivity contribution in [2.75, 3.05) is 18.9 Å². The number of aryl methyl sites for hydroxylation is 1. The molecule has 1 aromatic heterocycles. The van der Waals surface area contributed by atoms with E-state index >= 15 is 0 Å². The maximum Gasteiger partial charge on any atom is 0.418 e. The summed E-state index contributed by atoms with van der Waals surface area (Å²) < 4.78 is 40.8. The SMILES string of the molecule is Cc1cc(OCCO/N=C(\C(=O)C[C@@H]2C(=O)N(OS(=O)(=O)O)C2(C)C)c2csc(N)n2)ccc1C(=N)N. The third-order valence-electron chi connectivity index (χ3n) is 5.55. The van der Waals surface area contributed by atoms with Crippen molar-refractivity contribution in [2.24, 2.45) is 16.8 Å². The number of amidine groups is 1. The van der Waals surface area contributed by atoms with Gasteiger partial charge >= 0.3 is 10.4 Å². The lowest BCUT2D eigenvalue weighted by molar-refractivity contribution is -0.228. The fourth-order valence-corrected chi connectivity index (χ4v) is 4.62. The van der Waals surface area contributed by atoms with Crippen molar-refractivity contribution in [1.29, 1.82) is 5.41 Å². The number of carbonyl (C=O) groups is 2. The highest BCUT2D eigenvalue weighted by molar-refractivity contribution is 7.80. The number of Topliss-reactive ketones (excluding diaryl/α,β-unsaturated/α-hetero) is 1. The number of hydroxylamine groups is 2. The Morgan fingerprint density at radius 3 is 2.59 bits per heavy atom. The van der Waals surface area contributed by atoms with Crippen molar-refractivity contribution in [3.63, 3.8) is 0 Å². The lowest BCUT2D eigenvalue weighted by atomic mass is 9.74. The fourth-order valence-electron chi connectivity index (χ4n) is 3.62. The first kappa shape index (κ1) is 28.0. The Kier molecular flexibility index (Phi) is 8.16. The van der Waals surface area contributed by atoms with Crippen molar-refractivity contribution < 1.29 is 36.4 Å². The number of nitrogens with two attached hydrogens (primary N) is 2. The number of aromatic nitrogens is 1. The van der Waals surface area contributed by atoms with Crippen LogP contribution in [0.3, 0.4) is 0 Å². The van der Waals surface area contributed by atoms with Gasteiger partial charge in [0.25, 0.3) is 5.91 Å². The molecule has 6 N–H and O–H groups in total. The third kappa shape index (κ3) is 6.59. The number of ether oxygens (including phenoxy) is 1. The molecule has 14 nitrogen and oxygen atoms in total. The zero-order valence-corrected chi connectivity index (χ0v) is 21.8. The van der Waals surface area contributed by atoms with Crippen LogP contribution in [0.4, 0.5) is 5.13 Å². The summed E-state index contributed by atoms with van der Waals surface area (Å²) in [5.74, 6) is -1.87. The van der Waals surface area contributed by atoms with Gasteiger partial charge in [0.05, 0.1) is 11.5 Å². The summed E-state index contributed by atoms with van der Waals surface area (Å²) in [5, 5.41) is 13.6. The number of nitrogens with zero attached hydrogens (tertiary/aromatic N) is 3. The molecule has 0 spiro atoms. The summed E-state index contributed by atoms with van der Waals surface area (Å²) in [6, 6.07) is 5.05. The third-order valence-corrected chi connectivity index (χ3v) is 6.56. The van der Waals surface area contributed by atoms with E-state index in [9.17, 15) is 18.0 Å². The number of nitrogen functional groups attached to an aromatic ring is 2. The van der Waals surface area contributed by atoms with Gasteiger partial charge in [-0.3, -0.25) is 19.6 Å². The molecule has 200 valence electrons. The van der Waals surface area contributed by atoms with Gasteiger partial charge < -0.3 is 21.0 Å². The van der Waals surface area contributed by atoms with Crippen molar-refractivity contribution >= 4 is 50.1 Å². The molecule has 3 rings (SSSR count). The minimum Gasteiger partial charge on any atom is -0.490 e. The molecule has 1 amide bonds. The summed E-state index contributed by atoms with van der Waals surface area (Å²) in [5.41, 5.74) is 11.3. The molecule has 0 radical (unpaired) electrons. The molecule has 37 heavy (non-hydrogen) atoms. The first-order chi connectivity index (χ1) is 17.2. The van der Waals surface area contributed by atoms with Gasteiger partial charge in [0.1, 0.15) is 23.9 Å². The van der Waals surface area contributed by atoms with Gasteiger partial charge in [-0.15, -0.1) is 15.6 Å². The monoisotopic (exact) mass is 554 g/mol. The minimum absolute atomic E-state index is 0.0340. The van der Waals surface area contributed by atoms with Gasteiger partial charge in [0.15, 0.2) is 23.2 Å². The second-order valence-electron chi connectivity index (χ2n) is 8.55. The Morgan fingerprint density at radius 1 is 1.35 bits per heavy atom. The molecule has 2 heterocycles. The predicted molar refractivity (Wildman–Crippen MR) is 133 cm³/mol. The lowest BCUT2D eigenvalue weighted by Crippen LogP contribution is -2.68. The molecule has 0 saturated carbocycles. The van der Waals surface area contributed by atoms with Crippen molar-refractivity contribution in [3.8, 4) is 5.75 Å². The highest BCUT2D eigenvalue weighted by Gasteiger charge is 2.57. The van der Waals surface area contributed by atoms with E-state index in [4.69, 9.17) is 31.0 Å². The predicted octanol–water partition coefficient (Wildman–Crippen LogP) is 1.05. The molecule has 1 aliphatic rings. The van der Waals surface area contributed by atoms with Crippen LogP contribution in [0.1, 0.15) is 37.1 Å². The van der Waals surface area contributed by atoms with Crippen molar-refractivity contribution in [2.45, 2.75) is 32.7 Å². The van der Waals surface area contributed by atoms with E-state index in [0.29, 0.717) is 16.4 Å². The smallest absolute Gasteiger partial charge is 0.418 e. The van der Waals surface area contributed by atoms with E-state index in [1.807, 2.05) is 0 Å². The Bertz CT molecular complexity index is 1350. The minimum atomic E-state index is -4.92. The normalized spacial score (nSPS) is 17.3. The maximum absolute atomic E-state index is 13.1. The molecule has 2 aromatic rings. The second kappa shape index (κ2) is 10.8. The molecular weight excluding hydrogens is 528 g/mol. The summed E-state index contributed by atoms with van der Waals surface area (Å²) in [4.78, 5) is 34.8. The van der Waals surface area contributed by atoms with Gasteiger partial charge in [0.2, 0.25) is 0 Å². The van der Waals surface area contributed by atoms with E-state index in [1.54, 1.807) is 25.1 Å². The second-order valence-corrected chi connectivity index (χ2v) is 10.4. The van der Waals surface area contributed by atoms with Crippen LogP contribution in [-0.2, 0) is 29.1 Å². The summed E-state index contributed by atoms with van der Waals surface area (Å²) in [6.07, 6.45) is -0.352. The molecule has 1 atom stereocenters. The average molecular weight is 555 g/mol. The Morgan fingerprint density at radius 2 is 2.05 bits per heavy atom. The van der Waals surface area contributed by atoms with Crippen molar-refractivity contribution in [3.05, 3.63) is 40.4 Å². The van der Waals surface area contributed by atoms with Crippen LogP contribution in [0.5, 0.6) is 5.75 Å². The first-order valence-electron chi connectivity index (χ1n) is 10.7. The lowest BCUT2D eigenvalue weighted by Gasteiger charge is -2.50. The number of ketones is 1. The number of anilines is 1. The Balaban J connectivity index is 1.65. The molecule has 0 bridgehead atoms. The number of carbonyl (C=O) groups excluding carboxylic acids is 2. The van der Waals surface area contributed by atoms with E-state index in [1.165, 1.54) is 19.2 Å².